The van der Waals surface area contributed by atoms with Crippen LogP contribution in [0.5, 0.6) is 11.5 Å². The number of hydrogen-bond donors (Lipinski definition) is 0. The van der Waals surface area contributed by atoms with Gasteiger partial charge in [-0.15, -0.1) is 6.42 Å². The summed E-state index contributed by atoms with van der Waals surface area (Å²) < 4.78 is 16.4. The van der Waals surface area contributed by atoms with Crippen molar-refractivity contribution in [2.45, 2.75) is 13.0 Å². The average Bonchev–Trinajstić information content (AvgIpc) is 2.54. The predicted octanol–water partition coefficient (Wildman–Crippen LogP) is 2.00. The second kappa shape index (κ2) is 5.43. The molecular formula is C13H14O3. The summed E-state index contributed by atoms with van der Waals surface area (Å²) in [5.41, 5.74) is 1.04. The summed E-state index contributed by atoms with van der Waals surface area (Å²) in [6.07, 6.45) is 6.02. The van der Waals surface area contributed by atoms with Crippen LogP contribution in [0.4, 0.5) is 0 Å². The molecule has 2 rings (SSSR count). The summed E-state index contributed by atoms with van der Waals surface area (Å²) >= 11 is 0. The number of fused-ring (bicyclic) bond motifs is 1. The Hall–Kier alpha value is -1.66. The molecule has 1 aromatic carbocycles. The zero-order chi connectivity index (χ0) is 11.2. The van der Waals surface area contributed by atoms with Crippen molar-refractivity contribution < 1.29 is 14.2 Å². The molecular weight excluding hydrogens is 204 g/mol. The van der Waals surface area contributed by atoms with E-state index in [2.05, 4.69) is 5.92 Å². The molecule has 0 saturated heterocycles. The normalized spacial score (nSPS) is 13.9. The van der Waals surface area contributed by atoms with Crippen LogP contribution in [0.25, 0.3) is 0 Å². The lowest BCUT2D eigenvalue weighted by Gasteiger charge is -2.09. The molecule has 84 valence electrons. The zero-order valence-corrected chi connectivity index (χ0v) is 9.07. The van der Waals surface area contributed by atoms with Crippen LogP contribution in [0.2, 0.25) is 0 Å². The van der Waals surface area contributed by atoms with Gasteiger partial charge in [-0.1, -0.05) is 12.0 Å². The first-order valence-corrected chi connectivity index (χ1v) is 5.30. The highest BCUT2D eigenvalue weighted by Crippen LogP contribution is 2.30. The van der Waals surface area contributed by atoms with Crippen molar-refractivity contribution in [2.24, 2.45) is 0 Å². The molecule has 0 N–H and O–H groups in total. The van der Waals surface area contributed by atoms with Crippen molar-refractivity contribution >= 4 is 0 Å². The Labute approximate surface area is 95.3 Å². The smallest absolute Gasteiger partial charge is 0.161 e. The molecule has 0 unspecified atom stereocenters. The third-order valence-corrected chi connectivity index (χ3v) is 2.27. The maximum absolute atomic E-state index is 5.57. The number of rotatable bonds is 3. The molecule has 1 heterocycles. The lowest BCUT2D eigenvalue weighted by Crippen LogP contribution is -1.97. The first kappa shape index (κ1) is 10.8. The molecule has 0 radical (unpaired) electrons. The number of ether oxygens (including phenoxy) is 3. The van der Waals surface area contributed by atoms with Crippen molar-refractivity contribution in [1.29, 1.82) is 0 Å². The molecule has 0 aromatic heterocycles. The van der Waals surface area contributed by atoms with Crippen molar-refractivity contribution in [2.75, 3.05) is 19.8 Å². The zero-order valence-electron chi connectivity index (χ0n) is 9.07. The fraction of sp³-hybridized carbons (Fsp3) is 0.385. The number of terminal acetylenes is 1. The van der Waals surface area contributed by atoms with Crippen LogP contribution >= 0.6 is 0 Å². The highest BCUT2D eigenvalue weighted by atomic mass is 16.5. The van der Waals surface area contributed by atoms with Crippen molar-refractivity contribution in [3.05, 3.63) is 23.8 Å². The minimum atomic E-state index is 0.328. The van der Waals surface area contributed by atoms with E-state index in [-0.39, 0.29) is 0 Å². The Balaban J connectivity index is 2.06. The molecule has 0 fully saturated rings. The van der Waals surface area contributed by atoms with Gasteiger partial charge >= 0.3 is 0 Å². The first-order valence-electron chi connectivity index (χ1n) is 5.30. The van der Waals surface area contributed by atoms with E-state index in [1.165, 1.54) is 0 Å². The Morgan fingerprint density at radius 3 is 2.88 bits per heavy atom. The van der Waals surface area contributed by atoms with E-state index in [9.17, 15) is 0 Å². The summed E-state index contributed by atoms with van der Waals surface area (Å²) in [5.74, 6) is 4.03. The Morgan fingerprint density at radius 2 is 2.06 bits per heavy atom. The predicted molar refractivity (Wildman–Crippen MR) is 60.5 cm³/mol. The molecule has 3 nitrogen and oxygen atoms in total. The molecule has 0 amide bonds. The van der Waals surface area contributed by atoms with E-state index in [1.54, 1.807) is 0 Å². The molecule has 16 heavy (non-hydrogen) atoms. The quantitative estimate of drug-likeness (QED) is 0.573. The van der Waals surface area contributed by atoms with Crippen LogP contribution in [0, 0.1) is 12.3 Å². The standard InChI is InChI=1S/C13H14O3/c1-2-6-14-10-11-4-5-12-13(9-11)16-8-3-7-15-12/h1,4-5,9H,3,6-8,10H2. The second-order valence-electron chi connectivity index (χ2n) is 3.53. The summed E-state index contributed by atoms with van der Waals surface area (Å²) in [4.78, 5) is 0. The molecule has 0 atom stereocenters. The van der Waals surface area contributed by atoms with Crippen molar-refractivity contribution in [1.82, 2.24) is 0 Å². The van der Waals surface area contributed by atoms with E-state index >= 15 is 0 Å². The molecule has 1 aliphatic rings. The van der Waals surface area contributed by atoms with E-state index < -0.39 is 0 Å². The maximum Gasteiger partial charge on any atom is 0.161 e. The Bertz CT molecular complexity index is 393. The van der Waals surface area contributed by atoms with Crippen LogP contribution in [0.1, 0.15) is 12.0 Å². The summed E-state index contributed by atoms with van der Waals surface area (Å²) in [7, 11) is 0. The lowest BCUT2D eigenvalue weighted by molar-refractivity contribution is 0.153. The molecule has 0 saturated carbocycles. The van der Waals surface area contributed by atoms with Gasteiger partial charge in [0.15, 0.2) is 11.5 Å². The second-order valence-corrected chi connectivity index (χ2v) is 3.53. The Morgan fingerprint density at radius 1 is 1.25 bits per heavy atom. The number of benzene rings is 1. The van der Waals surface area contributed by atoms with Gasteiger partial charge in [0.25, 0.3) is 0 Å². The van der Waals surface area contributed by atoms with Gasteiger partial charge in [-0.2, -0.15) is 0 Å². The van der Waals surface area contributed by atoms with Crippen LogP contribution in [0.3, 0.4) is 0 Å². The van der Waals surface area contributed by atoms with Gasteiger partial charge in [-0.3, -0.25) is 0 Å². The third kappa shape index (κ3) is 2.68. The van der Waals surface area contributed by atoms with E-state index in [0.29, 0.717) is 26.4 Å². The van der Waals surface area contributed by atoms with Crippen LogP contribution < -0.4 is 9.47 Å². The maximum atomic E-state index is 5.57. The summed E-state index contributed by atoms with van der Waals surface area (Å²) in [6, 6.07) is 5.82. The number of hydrogen-bond acceptors (Lipinski definition) is 3. The molecule has 1 aliphatic heterocycles. The third-order valence-electron chi connectivity index (χ3n) is 2.27. The summed E-state index contributed by atoms with van der Waals surface area (Å²) in [5, 5.41) is 0. The van der Waals surface area contributed by atoms with Gasteiger partial charge in [-0.05, 0) is 17.7 Å². The minimum Gasteiger partial charge on any atom is -0.490 e. The minimum absolute atomic E-state index is 0.328. The largest absolute Gasteiger partial charge is 0.490 e. The molecule has 0 aliphatic carbocycles. The average molecular weight is 218 g/mol. The highest BCUT2D eigenvalue weighted by molar-refractivity contribution is 5.43. The van der Waals surface area contributed by atoms with Crippen LogP contribution in [0.15, 0.2) is 18.2 Å². The van der Waals surface area contributed by atoms with Crippen molar-refractivity contribution in [3.63, 3.8) is 0 Å². The summed E-state index contributed by atoms with van der Waals surface area (Å²) in [6.45, 7) is 2.23. The van der Waals surface area contributed by atoms with Gasteiger partial charge in [-0.25, -0.2) is 0 Å². The van der Waals surface area contributed by atoms with Gasteiger partial charge in [0.2, 0.25) is 0 Å². The van der Waals surface area contributed by atoms with Crippen LogP contribution in [-0.2, 0) is 11.3 Å². The van der Waals surface area contributed by atoms with Gasteiger partial charge in [0, 0.05) is 6.42 Å². The fourth-order valence-corrected chi connectivity index (χ4v) is 1.53. The topological polar surface area (TPSA) is 27.7 Å². The first-order chi connectivity index (χ1) is 7.90. The van der Waals surface area contributed by atoms with Crippen molar-refractivity contribution in [3.8, 4) is 23.8 Å². The molecule has 1 aromatic rings. The van der Waals surface area contributed by atoms with E-state index in [1.807, 2.05) is 18.2 Å². The highest BCUT2D eigenvalue weighted by Gasteiger charge is 2.10. The van der Waals surface area contributed by atoms with E-state index in [0.717, 1.165) is 23.5 Å². The lowest BCUT2D eigenvalue weighted by atomic mass is 10.2. The molecule has 3 heteroatoms. The van der Waals surface area contributed by atoms with E-state index in [4.69, 9.17) is 20.6 Å². The van der Waals surface area contributed by atoms with Crippen LogP contribution in [-0.4, -0.2) is 19.8 Å². The Kier molecular flexibility index (Phi) is 3.68. The van der Waals surface area contributed by atoms with Gasteiger partial charge in [0.05, 0.1) is 19.8 Å². The van der Waals surface area contributed by atoms with Gasteiger partial charge in [0.1, 0.15) is 6.61 Å². The molecule has 0 spiro atoms. The van der Waals surface area contributed by atoms with Gasteiger partial charge < -0.3 is 14.2 Å². The SMILES string of the molecule is C#CCOCc1ccc2c(c1)OCCCO2. The fourth-order valence-electron chi connectivity index (χ4n) is 1.53. The monoisotopic (exact) mass is 218 g/mol. The molecule has 0 bridgehead atoms.